The highest BCUT2D eigenvalue weighted by Crippen LogP contribution is 2.32. The van der Waals surface area contributed by atoms with E-state index in [-0.39, 0.29) is 24.0 Å². The van der Waals surface area contributed by atoms with E-state index in [1.807, 2.05) is 24.5 Å². The molecule has 0 radical (unpaired) electrons. The Kier molecular flexibility index (Phi) is 4.74. The third-order valence-electron chi connectivity index (χ3n) is 4.41. The molecule has 3 atom stereocenters. The van der Waals surface area contributed by atoms with Crippen LogP contribution < -0.4 is 5.32 Å². The van der Waals surface area contributed by atoms with Crippen LogP contribution in [0.15, 0.2) is 24.5 Å². The lowest BCUT2D eigenvalue weighted by Gasteiger charge is -2.32. The van der Waals surface area contributed by atoms with E-state index in [9.17, 15) is 4.79 Å². The van der Waals surface area contributed by atoms with Crippen molar-refractivity contribution in [3.63, 3.8) is 0 Å². The van der Waals surface area contributed by atoms with E-state index in [4.69, 9.17) is 4.74 Å². The van der Waals surface area contributed by atoms with Gasteiger partial charge in [-0.05, 0) is 30.0 Å². The van der Waals surface area contributed by atoms with E-state index < -0.39 is 0 Å². The van der Waals surface area contributed by atoms with Gasteiger partial charge in [0.05, 0.1) is 18.1 Å². The van der Waals surface area contributed by atoms with Gasteiger partial charge < -0.3 is 10.1 Å². The fourth-order valence-corrected chi connectivity index (χ4v) is 3.32. The summed E-state index contributed by atoms with van der Waals surface area (Å²) in [5.41, 5.74) is 1.26. The molecule has 3 rings (SSSR count). The number of carbonyl (C=O) groups excluding carboxylic acids is 1. The molecule has 0 aromatic carbocycles. The number of hydrogen-bond donors (Lipinski definition) is 1. The molecule has 2 aliphatic heterocycles. The van der Waals surface area contributed by atoms with Crippen LogP contribution in [0.5, 0.6) is 0 Å². The number of aromatic nitrogens is 1. The van der Waals surface area contributed by atoms with Gasteiger partial charge in [-0.1, -0.05) is 13.8 Å². The smallest absolute Gasteiger partial charge is 0.225 e. The third kappa shape index (κ3) is 3.65. The van der Waals surface area contributed by atoms with Crippen molar-refractivity contribution in [3.8, 4) is 0 Å². The van der Waals surface area contributed by atoms with Gasteiger partial charge in [0.1, 0.15) is 0 Å². The molecule has 120 valence electrons. The summed E-state index contributed by atoms with van der Waals surface area (Å²) in [7, 11) is 0. The Morgan fingerprint density at radius 3 is 2.91 bits per heavy atom. The van der Waals surface area contributed by atoms with Crippen molar-refractivity contribution in [2.75, 3.05) is 19.6 Å². The lowest BCUT2D eigenvalue weighted by atomic mass is 9.99. The van der Waals surface area contributed by atoms with Gasteiger partial charge in [-0.25, -0.2) is 0 Å². The van der Waals surface area contributed by atoms with Gasteiger partial charge in [-0.15, -0.1) is 0 Å². The van der Waals surface area contributed by atoms with Gasteiger partial charge in [0.25, 0.3) is 0 Å². The molecule has 5 heteroatoms. The fraction of sp³-hybridized carbons (Fsp3) is 0.647. The summed E-state index contributed by atoms with van der Waals surface area (Å²) in [6.45, 7) is 7.61. The van der Waals surface area contributed by atoms with E-state index in [2.05, 4.69) is 29.0 Å². The Balaban J connectivity index is 1.56. The van der Waals surface area contributed by atoms with E-state index in [0.29, 0.717) is 5.92 Å². The minimum absolute atomic E-state index is 0.00573. The summed E-state index contributed by atoms with van der Waals surface area (Å²) in [5.74, 6) is 0.645. The number of nitrogens with one attached hydrogen (secondary N) is 1. The van der Waals surface area contributed by atoms with Crippen LogP contribution in [0.2, 0.25) is 0 Å². The summed E-state index contributed by atoms with van der Waals surface area (Å²) in [6, 6.07) is 4.09. The quantitative estimate of drug-likeness (QED) is 0.894. The first kappa shape index (κ1) is 15.4. The lowest BCUT2D eigenvalue weighted by molar-refractivity contribution is -0.128. The number of hydrogen-bond acceptors (Lipinski definition) is 4. The maximum atomic E-state index is 12.3. The SMILES string of the molecule is CC(C)CNC(=O)[C@H]1C[C@H]2CN(Cc3ccncc3)C[C@H]1O2. The number of rotatable bonds is 5. The van der Waals surface area contributed by atoms with E-state index >= 15 is 0 Å². The number of pyridine rings is 1. The van der Waals surface area contributed by atoms with Crippen molar-refractivity contribution in [1.29, 1.82) is 0 Å². The topological polar surface area (TPSA) is 54.5 Å². The molecule has 1 N–H and O–H groups in total. The number of carbonyl (C=O) groups is 1. The number of nitrogens with zero attached hydrogens (tertiary/aromatic N) is 2. The Morgan fingerprint density at radius 2 is 2.18 bits per heavy atom. The van der Waals surface area contributed by atoms with Gasteiger partial charge in [-0.2, -0.15) is 0 Å². The first-order valence-electron chi connectivity index (χ1n) is 8.16. The molecule has 5 nitrogen and oxygen atoms in total. The van der Waals surface area contributed by atoms with Crippen molar-refractivity contribution in [2.24, 2.45) is 11.8 Å². The van der Waals surface area contributed by atoms with Crippen LogP contribution in [0.3, 0.4) is 0 Å². The maximum Gasteiger partial charge on any atom is 0.225 e. The molecule has 2 aliphatic rings. The normalized spacial score (nSPS) is 28.0. The number of fused-ring (bicyclic) bond motifs is 2. The van der Waals surface area contributed by atoms with Gasteiger partial charge in [-0.3, -0.25) is 14.7 Å². The van der Waals surface area contributed by atoms with Crippen LogP contribution in [-0.2, 0) is 16.1 Å². The maximum absolute atomic E-state index is 12.3. The zero-order valence-corrected chi connectivity index (χ0v) is 13.4. The molecule has 3 heterocycles. The number of amides is 1. The van der Waals surface area contributed by atoms with E-state index in [1.54, 1.807) is 0 Å². The van der Waals surface area contributed by atoms with Crippen molar-refractivity contribution in [2.45, 2.75) is 39.0 Å². The summed E-state index contributed by atoms with van der Waals surface area (Å²) in [4.78, 5) is 18.8. The number of likely N-dealkylation sites (tertiary alicyclic amines) is 1. The molecule has 1 amide bonds. The molecule has 0 aliphatic carbocycles. The van der Waals surface area contributed by atoms with Crippen molar-refractivity contribution >= 4 is 5.91 Å². The van der Waals surface area contributed by atoms with Crippen molar-refractivity contribution in [1.82, 2.24) is 15.2 Å². The zero-order chi connectivity index (χ0) is 15.5. The van der Waals surface area contributed by atoms with Crippen LogP contribution in [-0.4, -0.2) is 47.6 Å². The highest BCUT2D eigenvalue weighted by atomic mass is 16.5. The second-order valence-electron chi connectivity index (χ2n) is 6.83. The molecule has 22 heavy (non-hydrogen) atoms. The Hall–Kier alpha value is -1.46. The largest absolute Gasteiger partial charge is 0.371 e. The molecular formula is C17H25N3O2. The molecule has 0 saturated carbocycles. The number of morpholine rings is 1. The summed E-state index contributed by atoms with van der Waals surface area (Å²) in [5, 5.41) is 3.06. The van der Waals surface area contributed by atoms with Crippen molar-refractivity contribution < 1.29 is 9.53 Å². The average molecular weight is 303 g/mol. The van der Waals surface area contributed by atoms with Crippen LogP contribution in [0.1, 0.15) is 25.8 Å². The molecule has 1 aromatic rings. The molecular weight excluding hydrogens is 278 g/mol. The minimum Gasteiger partial charge on any atom is -0.371 e. The molecule has 2 bridgehead atoms. The van der Waals surface area contributed by atoms with Crippen molar-refractivity contribution in [3.05, 3.63) is 30.1 Å². The van der Waals surface area contributed by atoms with Gasteiger partial charge in [0.2, 0.25) is 5.91 Å². The minimum atomic E-state index is 0.00573. The highest BCUT2D eigenvalue weighted by Gasteiger charge is 2.44. The van der Waals surface area contributed by atoms with Gasteiger partial charge in [0, 0.05) is 38.6 Å². The van der Waals surface area contributed by atoms with Crippen LogP contribution >= 0.6 is 0 Å². The van der Waals surface area contributed by atoms with E-state index in [1.165, 1.54) is 5.56 Å². The van der Waals surface area contributed by atoms with Crippen LogP contribution in [0.25, 0.3) is 0 Å². The first-order chi connectivity index (χ1) is 10.6. The first-order valence-corrected chi connectivity index (χ1v) is 8.16. The fourth-order valence-electron chi connectivity index (χ4n) is 3.32. The standard InChI is InChI=1S/C17H25N3O2/c1-12(2)8-19-17(21)15-7-14-10-20(11-16(15)22-14)9-13-3-5-18-6-4-13/h3-6,12,14-16H,7-11H2,1-2H3,(H,19,21)/t14-,15-,16+/m0/s1. The number of ether oxygens (including phenoxy) is 1. The second-order valence-corrected chi connectivity index (χ2v) is 6.83. The zero-order valence-electron chi connectivity index (χ0n) is 13.4. The molecule has 1 aromatic heterocycles. The molecule has 0 unspecified atom stereocenters. The molecule has 0 spiro atoms. The summed E-state index contributed by atoms with van der Waals surface area (Å²) >= 11 is 0. The Bertz CT molecular complexity index is 506. The predicted molar refractivity (Wildman–Crippen MR) is 84.1 cm³/mol. The molecule has 2 fully saturated rings. The van der Waals surface area contributed by atoms with E-state index in [0.717, 1.165) is 32.6 Å². The lowest BCUT2D eigenvalue weighted by Crippen LogP contribution is -2.45. The van der Waals surface area contributed by atoms with Gasteiger partial charge in [0.15, 0.2) is 0 Å². The highest BCUT2D eigenvalue weighted by molar-refractivity contribution is 5.79. The monoisotopic (exact) mass is 303 g/mol. The summed E-state index contributed by atoms with van der Waals surface area (Å²) in [6.07, 6.45) is 4.73. The Labute approximate surface area is 132 Å². The molecule has 2 saturated heterocycles. The predicted octanol–water partition coefficient (Wildman–Crippen LogP) is 1.44. The summed E-state index contributed by atoms with van der Waals surface area (Å²) < 4.78 is 5.99. The van der Waals surface area contributed by atoms with Crippen LogP contribution in [0.4, 0.5) is 0 Å². The second kappa shape index (κ2) is 6.75. The van der Waals surface area contributed by atoms with Crippen LogP contribution in [0, 0.1) is 11.8 Å². The Morgan fingerprint density at radius 1 is 1.41 bits per heavy atom. The third-order valence-corrected chi connectivity index (χ3v) is 4.41. The average Bonchev–Trinajstić information content (AvgIpc) is 2.80. The van der Waals surface area contributed by atoms with Gasteiger partial charge >= 0.3 is 0 Å².